The number of nitriles is 1. The van der Waals surface area contributed by atoms with Gasteiger partial charge in [0.25, 0.3) is 0 Å². The van der Waals surface area contributed by atoms with Crippen LogP contribution in [0, 0.1) is 11.3 Å². The summed E-state index contributed by atoms with van der Waals surface area (Å²) < 4.78 is 34.8. The van der Waals surface area contributed by atoms with Crippen LogP contribution in [0.2, 0.25) is 0 Å². The van der Waals surface area contributed by atoms with Gasteiger partial charge in [-0.25, -0.2) is 8.42 Å². The highest BCUT2D eigenvalue weighted by Crippen LogP contribution is 2.34. The molecule has 0 bridgehead atoms. The number of nitrogens with zero attached hydrogens (tertiary/aromatic N) is 1. The maximum atomic E-state index is 12.0. The second-order valence-electron chi connectivity index (χ2n) is 4.30. The molecule has 6 heteroatoms. The number of benzene rings is 1. The summed E-state index contributed by atoms with van der Waals surface area (Å²) >= 11 is 0. The number of ether oxygens (including phenoxy) is 2. The summed E-state index contributed by atoms with van der Waals surface area (Å²) in [7, 11) is -3.23. The normalized spacial score (nSPS) is 13.8. The molecule has 1 heterocycles. The van der Waals surface area contributed by atoms with Gasteiger partial charge < -0.3 is 9.47 Å². The molecule has 0 aromatic heterocycles. The first-order chi connectivity index (χ1) is 9.12. The molecular weight excluding hydrogens is 266 g/mol. The van der Waals surface area contributed by atoms with Crippen LogP contribution in [-0.4, -0.2) is 27.4 Å². The lowest BCUT2D eigenvalue weighted by atomic mass is 10.2. The van der Waals surface area contributed by atoms with E-state index in [4.69, 9.17) is 14.7 Å². The van der Waals surface area contributed by atoms with E-state index in [0.29, 0.717) is 36.7 Å². The van der Waals surface area contributed by atoms with Crippen LogP contribution in [0.3, 0.4) is 0 Å². The third kappa shape index (κ3) is 3.61. The molecule has 0 unspecified atom stereocenters. The quantitative estimate of drug-likeness (QED) is 0.767. The average Bonchev–Trinajstić information content (AvgIpc) is 2.39. The zero-order valence-corrected chi connectivity index (χ0v) is 11.3. The van der Waals surface area contributed by atoms with Crippen molar-refractivity contribution in [3.05, 3.63) is 23.8 Å². The van der Waals surface area contributed by atoms with Crippen molar-refractivity contribution in [2.75, 3.05) is 19.0 Å². The Balaban J connectivity index is 2.13. The Morgan fingerprint density at radius 3 is 2.84 bits per heavy atom. The molecule has 19 heavy (non-hydrogen) atoms. The molecule has 0 radical (unpaired) electrons. The van der Waals surface area contributed by atoms with Gasteiger partial charge in [-0.05, 0) is 12.5 Å². The Hall–Kier alpha value is -1.74. The van der Waals surface area contributed by atoms with E-state index in [9.17, 15) is 8.42 Å². The van der Waals surface area contributed by atoms with Gasteiger partial charge in [-0.15, -0.1) is 0 Å². The standard InChI is InChI=1S/C13H15NO4S/c14-6-1-2-9-19(15,16)10-11-4-3-5-12-13(11)18-8-7-17-12/h3-5H,1-2,7-10H2. The minimum atomic E-state index is -3.23. The Bertz CT molecular complexity index is 589. The van der Waals surface area contributed by atoms with E-state index >= 15 is 0 Å². The lowest BCUT2D eigenvalue weighted by Gasteiger charge is -2.20. The van der Waals surface area contributed by atoms with E-state index in [0.717, 1.165) is 0 Å². The summed E-state index contributed by atoms with van der Waals surface area (Å²) in [6.07, 6.45) is 0.622. The first-order valence-corrected chi connectivity index (χ1v) is 7.89. The molecule has 0 spiro atoms. The van der Waals surface area contributed by atoms with Gasteiger partial charge in [0.05, 0.1) is 17.6 Å². The highest BCUT2D eigenvalue weighted by molar-refractivity contribution is 7.90. The lowest BCUT2D eigenvalue weighted by Crippen LogP contribution is -2.18. The SMILES string of the molecule is N#CCCCS(=O)(=O)Cc1cccc2c1OCCO2. The molecule has 1 aliphatic heterocycles. The number of hydrogen-bond acceptors (Lipinski definition) is 5. The summed E-state index contributed by atoms with van der Waals surface area (Å²) in [5.74, 6) is 1.06. The van der Waals surface area contributed by atoms with Crippen LogP contribution in [0.4, 0.5) is 0 Å². The first-order valence-electron chi connectivity index (χ1n) is 6.07. The van der Waals surface area contributed by atoms with Crippen LogP contribution in [0.1, 0.15) is 18.4 Å². The van der Waals surface area contributed by atoms with Crippen LogP contribution in [0.5, 0.6) is 11.5 Å². The van der Waals surface area contributed by atoms with Crippen LogP contribution in [-0.2, 0) is 15.6 Å². The molecule has 0 fully saturated rings. The molecule has 102 valence electrons. The minimum Gasteiger partial charge on any atom is -0.486 e. The molecule has 0 atom stereocenters. The van der Waals surface area contributed by atoms with Crippen LogP contribution in [0.25, 0.3) is 0 Å². The monoisotopic (exact) mass is 281 g/mol. The lowest BCUT2D eigenvalue weighted by molar-refractivity contribution is 0.170. The van der Waals surface area contributed by atoms with Gasteiger partial charge in [-0.1, -0.05) is 12.1 Å². The van der Waals surface area contributed by atoms with Crippen LogP contribution < -0.4 is 9.47 Å². The predicted molar refractivity (Wildman–Crippen MR) is 69.8 cm³/mol. The highest BCUT2D eigenvalue weighted by Gasteiger charge is 2.20. The minimum absolute atomic E-state index is 0.0189. The molecule has 0 aliphatic carbocycles. The number of fused-ring (bicyclic) bond motifs is 1. The van der Waals surface area contributed by atoms with E-state index in [-0.39, 0.29) is 17.9 Å². The summed E-state index contributed by atoms with van der Waals surface area (Å²) in [6.45, 7) is 0.907. The Morgan fingerprint density at radius 2 is 2.05 bits per heavy atom. The summed E-state index contributed by atoms with van der Waals surface area (Å²) in [5.41, 5.74) is 0.620. The number of unbranched alkanes of at least 4 members (excludes halogenated alkanes) is 1. The third-order valence-corrected chi connectivity index (χ3v) is 4.43. The number of hydrogen-bond donors (Lipinski definition) is 0. The van der Waals surface area contributed by atoms with Crippen molar-refractivity contribution in [3.63, 3.8) is 0 Å². The Kier molecular flexibility index (Phi) is 4.27. The van der Waals surface area contributed by atoms with Gasteiger partial charge in [0.15, 0.2) is 21.3 Å². The fraction of sp³-hybridized carbons (Fsp3) is 0.462. The number of rotatable bonds is 5. The summed E-state index contributed by atoms with van der Waals surface area (Å²) in [6, 6.07) is 7.20. The Labute approximate surface area is 112 Å². The Morgan fingerprint density at radius 1 is 1.26 bits per heavy atom. The van der Waals surface area contributed by atoms with Crippen LogP contribution in [0.15, 0.2) is 18.2 Å². The summed E-state index contributed by atoms with van der Waals surface area (Å²) in [4.78, 5) is 0. The van der Waals surface area contributed by atoms with Gasteiger partial charge in [0, 0.05) is 12.0 Å². The zero-order chi connectivity index (χ0) is 13.7. The molecule has 1 aromatic rings. The fourth-order valence-corrected chi connectivity index (χ4v) is 3.36. The predicted octanol–water partition coefficient (Wildman–Crippen LogP) is 1.68. The summed E-state index contributed by atoms with van der Waals surface area (Å²) in [5, 5.41) is 8.43. The maximum absolute atomic E-state index is 12.0. The molecule has 0 N–H and O–H groups in total. The van der Waals surface area contributed by atoms with Crippen molar-refractivity contribution in [1.82, 2.24) is 0 Å². The largest absolute Gasteiger partial charge is 0.486 e. The van der Waals surface area contributed by atoms with E-state index < -0.39 is 9.84 Å². The van der Waals surface area contributed by atoms with Crippen molar-refractivity contribution in [2.45, 2.75) is 18.6 Å². The molecule has 0 amide bonds. The molecular formula is C13H15NO4S. The van der Waals surface area contributed by atoms with E-state index in [1.165, 1.54) is 0 Å². The second kappa shape index (κ2) is 5.93. The van der Waals surface area contributed by atoms with Crippen molar-refractivity contribution >= 4 is 9.84 Å². The van der Waals surface area contributed by atoms with Gasteiger partial charge in [0.2, 0.25) is 0 Å². The average molecular weight is 281 g/mol. The molecule has 5 nitrogen and oxygen atoms in total. The van der Waals surface area contributed by atoms with E-state index in [2.05, 4.69) is 0 Å². The van der Waals surface area contributed by atoms with Gasteiger partial charge >= 0.3 is 0 Å². The molecule has 2 rings (SSSR count). The number of para-hydroxylation sites is 1. The molecule has 0 saturated heterocycles. The zero-order valence-electron chi connectivity index (χ0n) is 10.5. The molecule has 1 aromatic carbocycles. The van der Waals surface area contributed by atoms with Gasteiger partial charge in [0.1, 0.15) is 13.2 Å². The fourth-order valence-electron chi connectivity index (χ4n) is 1.93. The highest BCUT2D eigenvalue weighted by atomic mass is 32.2. The molecule has 1 aliphatic rings. The van der Waals surface area contributed by atoms with E-state index in [1.807, 2.05) is 6.07 Å². The maximum Gasteiger partial charge on any atom is 0.165 e. The first kappa shape index (κ1) is 13.7. The van der Waals surface area contributed by atoms with Gasteiger partial charge in [-0.3, -0.25) is 0 Å². The molecule has 0 saturated carbocycles. The third-order valence-electron chi connectivity index (χ3n) is 2.77. The number of sulfone groups is 1. The van der Waals surface area contributed by atoms with Crippen molar-refractivity contribution in [3.8, 4) is 17.6 Å². The topological polar surface area (TPSA) is 76.4 Å². The van der Waals surface area contributed by atoms with Crippen LogP contribution >= 0.6 is 0 Å². The van der Waals surface area contributed by atoms with Crippen molar-refractivity contribution in [1.29, 1.82) is 5.26 Å². The smallest absolute Gasteiger partial charge is 0.165 e. The van der Waals surface area contributed by atoms with Crippen molar-refractivity contribution in [2.24, 2.45) is 0 Å². The second-order valence-corrected chi connectivity index (χ2v) is 6.48. The van der Waals surface area contributed by atoms with Crippen molar-refractivity contribution < 1.29 is 17.9 Å². The van der Waals surface area contributed by atoms with Gasteiger partial charge in [-0.2, -0.15) is 5.26 Å². The van der Waals surface area contributed by atoms with E-state index in [1.54, 1.807) is 18.2 Å².